The highest BCUT2D eigenvalue weighted by Gasteiger charge is 2.18. The van der Waals surface area contributed by atoms with Crippen molar-refractivity contribution in [3.05, 3.63) is 40.2 Å². The van der Waals surface area contributed by atoms with E-state index in [0.29, 0.717) is 22.3 Å². The van der Waals surface area contributed by atoms with E-state index in [2.05, 4.69) is 0 Å². The fourth-order valence-corrected chi connectivity index (χ4v) is 2.98. The lowest BCUT2D eigenvalue weighted by Crippen LogP contribution is -2.04. The van der Waals surface area contributed by atoms with Crippen molar-refractivity contribution < 1.29 is 19.0 Å². The molecule has 0 spiro atoms. The predicted octanol–water partition coefficient (Wildman–Crippen LogP) is 4.23. The second-order valence-corrected chi connectivity index (χ2v) is 5.77. The van der Waals surface area contributed by atoms with E-state index in [9.17, 15) is 4.79 Å². The Morgan fingerprint density at radius 1 is 1.29 bits per heavy atom. The zero-order chi connectivity index (χ0) is 15.2. The quantitative estimate of drug-likeness (QED) is 0.588. The molecule has 6 heteroatoms. The Kier molecular flexibility index (Phi) is 5.61. The average molecular weight is 327 g/mol. The normalized spacial score (nSPS) is 10.4. The molecule has 0 atom stereocenters. The van der Waals surface area contributed by atoms with Crippen LogP contribution in [0.15, 0.2) is 30.3 Å². The van der Waals surface area contributed by atoms with E-state index in [-0.39, 0.29) is 12.8 Å². The van der Waals surface area contributed by atoms with Gasteiger partial charge < -0.3 is 14.2 Å². The minimum absolute atomic E-state index is 0.193. The predicted molar refractivity (Wildman–Crippen MR) is 83.2 cm³/mol. The maximum atomic E-state index is 11.9. The first-order valence-electron chi connectivity index (χ1n) is 6.34. The van der Waals surface area contributed by atoms with Gasteiger partial charge in [-0.25, -0.2) is 4.79 Å². The van der Waals surface area contributed by atoms with Gasteiger partial charge in [0.05, 0.1) is 21.4 Å². The lowest BCUT2D eigenvalue weighted by atomic mass is 10.1. The topological polar surface area (TPSA) is 44.8 Å². The molecule has 1 aromatic heterocycles. The molecular formula is C15H15ClO4S. The largest absolute Gasteiger partial charge is 0.468 e. The molecule has 0 radical (unpaired) electrons. The summed E-state index contributed by atoms with van der Waals surface area (Å²) in [6, 6.07) is 9.01. The number of methoxy groups -OCH3 is 1. The first kappa shape index (κ1) is 15.8. The van der Waals surface area contributed by atoms with Gasteiger partial charge in [0, 0.05) is 7.11 Å². The fraction of sp³-hybridized carbons (Fsp3) is 0.267. The Balaban J connectivity index is 2.27. The molecule has 0 bridgehead atoms. The van der Waals surface area contributed by atoms with Crippen LogP contribution in [0.4, 0.5) is 0 Å². The van der Waals surface area contributed by atoms with E-state index in [0.717, 1.165) is 10.4 Å². The molecule has 0 aliphatic heterocycles. The molecule has 2 rings (SSSR count). The van der Waals surface area contributed by atoms with Crippen LogP contribution >= 0.6 is 22.9 Å². The van der Waals surface area contributed by atoms with E-state index >= 15 is 0 Å². The van der Waals surface area contributed by atoms with Crippen LogP contribution in [0.2, 0.25) is 4.34 Å². The highest BCUT2D eigenvalue weighted by molar-refractivity contribution is 7.19. The standard InChI is InChI=1S/C15H15ClO4S/c1-3-19-15(17)12-8-13(16)21-14(12)10-4-6-11(7-5-10)20-9-18-2/h4-8H,3,9H2,1-2H3. The first-order chi connectivity index (χ1) is 10.2. The number of carbonyl (C=O) groups excluding carboxylic acids is 1. The second-order valence-electron chi connectivity index (χ2n) is 4.09. The van der Waals surface area contributed by atoms with Gasteiger partial charge in [-0.3, -0.25) is 0 Å². The van der Waals surface area contributed by atoms with Crippen LogP contribution in [0.25, 0.3) is 10.4 Å². The maximum absolute atomic E-state index is 11.9. The molecule has 0 fully saturated rings. The summed E-state index contributed by atoms with van der Waals surface area (Å²) in [6.07, 6.45) is 0. The van der Waals surface area contributed by atoms with Gasteiger partial charge in [0.25, 0.3) is 0 Å². The molecule has 0 amide bonds. The molecule has 0 saturated carbocycles. The van der Waals surface area contributed by atoms with Gasteiger partial charge in [-0.15, -0.1) is 11.3 Å². The number of carbonyl (C=O) groups is 1. The molecule has 0 saturated heterocycles. The third-order valence-corrected chi connectivity index (χ3v) is 3.97. The summed E-state index contributed by atoms with van der Waals surface area (Å²) < 4.78 is 15.8. The zero-order valence-corrected chi connectivity index (χ0v) is 13.3. The van der Waals surface area contributed by atoms with Gasteiger partial charge in [0.2, 0.25) is 0 Å². The molecule has 112 valence electrons. The Morgan fingerprint density at radius 3 is 2.62 bits per heavy atom. The number of benzene rings is 1. The maximum Gasteiger partial charge on any atom is 0.339 e. The Morgan fingerprint density at radius 2 is 2.00 bits per heavy atom. The second kappa shape index (κ2) is 7.45. The minimum Gasteiger partial charge on any atom is -0.468 e. The van der Waals surface area contributed by atoms with Crippen LogP contribution in [0.1, 0.15) is 17.3 Å². The molecule has 0 aliphatic carbocycles. The molecular weight excluding hydrogens is 312 g/mol. The van der Waals surface area contributed by atoms with E-state index in [1.807, 2.05) is 24.3 Å². The number of ether oxygens (including phenoxy) is 3. The van der Waals surface area contributed by atoms with Crippen LogP contribution < -0.4 is 4.74 Å². The van der Waals surface area contributed by atoms with Crippen LogP contribution in [-0.2, 0) is 9.47 Å². The molecule has 0 N–H and O–H groups in total. The van der Waals surface area contributed by atoms with Gasteiger partial charge in [-0.1, -0.05) is 11.6 Å². The summed E-state index contributed by atoms with van der Waals surface area (Å²) >= 11 is 7.37. The van der Waals surface area contributed by atoms with Crippen LogP contribution in [0.5, 0.6) is 5.75 Å². The Bertz CT molecular complexity index is 607. The van der Waals surface area contributed by atoms with Gasteiger partial charge in [-0.2, -0.15) is 0 Å². The molecule has 21 heavy (non-hydrogen) atoms. The summed E-state index contributed by atoms with van der Waals surface area (Å²) in [5.41, 5.74) is 1.37. The van der Waals surface area contributed by atoms with Crippen LogP contribution in [-0.4, -0.2) is 26.5 Å². The molecule has 2 aromatic rings. The highest BCUT2D eigenvalue weighted by atomic mass is 35.5. The summed E-state index contributed by atoms with van der Waals surface area (Å²) in [7, 11) is 1.56. The number of esters is 1. The van der Waals surface area contributed by atoms with Crippen molar-refractivity contribution in [2.45, 2.75) is 6.92 Å². The van der Waals surface area contributed by atoms with Gasteiger partial charge in [0.15, 0.2) is 6.79 Å². The summed E-state index contributed by atoms with van der Waals surface area (Å²) in [5, 5.41) is 0. The van der Waals surface area contributed by atoms with Crippen LogP contribution in [0.3, 0.4) is 0 Å². The van der Waals surface area contributed by atoms with Crippen molar-refractivity contribution in [1.29, 1.82) is 0 Å². The summed E-state index contributed by atoms with van der Waals surface area (Å²) in [6.45, 7) is 2.29. The van der Waals surface area contributed by atoms with Crippen molar-refractivity contribution in [1.82, 2.24) is 0 Å². The molecule has 1 heterocycles. The first-order valence-corrected chi connectivity index (χ1v) is 7.53. The molecule has 1 aromatic carbocycles. The molecule has 4 nitrogen and oxygen atoms in total. The monoisotopic (exact) mass is 326 g/mol. The van der Waals surface area contributed by atoms with E-state index in [1.54, 1.807) is 20.1 Å². The van der Waals surface area contributed by atoms with Crippen molar-refractivity contribution in [3.8, 4) is 16.2 Å². The van der Waals surface area contributed by atoms with Gasteiger partial charge in [0.1, 0.15) is 5.75 Å². The number of hydrogen-bond acceptors (Lipinski definition) is 5. The average Bonchev–Trinajstić information content (AvgIpc) is 2.88. The zero-order valence-electron chi connectivity index (χ0n) is 11.7. The Labute approximate surface area is 132 Å². The molecule has 0 unspecified atom stereocenters. The van der Waals surface area contributed by atoms with Crippen molar-refractivity contribution in [2.24, 2.45) is 0 Å². The fourth-order valence-electron chi connectivity index (χ4n) is 1.77. The number of halogens is 1. The Hall–Kier alpha value is -1.56. The van der Waals surface area contributed by atoms with Crippen LogP contribution in [0, 0.1) is 0 Å². The third-order valence-electron chi connectivity index (χ3n) is 2.66. The van der Waals surface area contributed by atoms with Gasteiger partial charge in [-0.05, 0) is 42.8 Å². The summed E-state index contributed by atoms with van der Waals surface area (Å²) in [5.74, 6) is 0.330. The van der Waals surface area contributed by atoms with E-state index in [4.69, 9.17) is 25.8 Å². The summed E-state index contributed by atoms with van der Waals surface area (Å²) in [4.78, 5) is 12.7. The van der Waals surface area contributed by atoms with E-state index < -0.39 is 0 Å². The molecule has 0 aliphatic rings. The van der Waals surface area contributed by atoms with E-state index in [1.165, 1.54) is 11.3 Å². The number of hydrogen-bond donors (Lipinski definition) is 0. The number of rotatable bonds is 6. The van der Waals surface area contributed by atoms with Crippen molar-refractivity contribution in [3.63, 3.8) is 0 Å². The number of thiophene rings is 1. The SMILES string of the molecule is CCOC(=O)c1cc(Cl)sc1-c1ccc(OCOC)cc1. The van der Waals surface area contributed by atoms with Crippen molar-refractivity contribution >= 4 is 28.9 Å². The highest BCUT2D eigenvalue weighted by Crippen LogP contribution is 2.36. The van der Waals surface area contributed by atoms with Crippen molar-refractivity contribution in [2.75, 3.05) is 20.5 Å². The van der Waals surface area contributed by atoms with Gasteiger partial charge >= 0.3 is 5.97 Å². The lowest BCUT2D eigenvalue weighted by Gasteiger charge is -2.06. The minimum atomic E-state index is -0.365. The lowest BCUT2D eigenvalue weighted by molar-refractivity contribution is 0.0511. The smallest absolute Gasteiger partial charge is 0.339 e. The third kappa shape index (κ3) is 3.97.